The first kappa shape index (κ1) is 11.5. The molecule has 0 aliphatic carbocycles. The summed E-state index contributed by atoms with van der Waals surface area (Å²) in [5, 5.41) is 12.2. The number of aromatic nitrogens is 2. The van der Waals surface area contributed by atoms with Gasteiger partial charge in [0.1, 0.15) is 11.3 Å². The minimum absolute atomic E-state index is 0.281. The minimum Gasteiger partial charge on any atom is -0.493 e. The molecule has 5 heteroatoms. The van der Waals surface area contributed by atoms with Crippen molar-refractivity contribution in [2.75, 3.05) is 11.9 Å². The first-order valence-corrected chi connectivity index (χ1v) is 7.03. The van der Waals surface area contributed by atoms with E-state index in [-0.39, 0.29) is 6.04 Å². The highest BCUT2D eigenvalue weighted by Gasteiger charge is 2.16. The molecule has 1 N–H and O–H groups in total. The Kier molecular flexibility index (Phi) is 3.15. The number of benzene rings is 1. The summed E-state index contributed by atoms with van der Waals surface area (Å²) in [7, 11) is 0. The predicted octanol–water partition coefficient (Wildman–Crippen LogP) is 3.04. The normalized spacial score (nSPS) is 14.9. The fraction of sp³-hybridized carbons (Fsp3) is 0.385. The van der Waals surface area contributed by atoms with E-state index in [0.29, 0.717) is 0 Å². The SMILES string of the molecule is CCC(Nc1nncs1)c1ccc2c(c1)CCO2. The molecule has 1 unspecified atom stereocenters. The molecule has 94 valence electrons. The van der Waals surface area contributed by atoms with Crippen molar-refractivity contribution in [2.45, 2.75) is 25.8 Å². The van der Waals surface area contributed by atoms with Gasteiger partial charge in [0.05, 0.1) is 12.6 Å². The Morgan fingerprint density at radius 3 is 3.22 bits per heavy atom. The van der Waals surface area contributed by atoms with Crippen molar-refractivity contribution in [3.63, 3.8) is 0 Å². The number of hydrogen-bond acceptors (Lipinski definition) is 5. The van der Waals surface area contributed by atoms with Crippen LogP contribution in [0.3, 0.4) is 0 Å². The number of ether oxygens (including phenoxy) is 1. The van der Waals surface area contributed by atoms with Crippen molar-refractivity contribution in [1.82, 2.24) is 10.2 Å². The van der Waals surface area contributed by atoms with Crippen LogP contribution in [-0.2, 0) is 6.42 Å². The Balaban J connectivity index is 1.83. The number of hydrogen-bond donors (Lipinski definition) is 1. The van der Waals surface area contributed by atoms with Crippen molar-refractivity contribution in [3.8, 4) is 5.75 Å². The van der Waals surface area contributed by atoms with Crippen LogP contribution in [-0.4, -0.2) is 16.8 Å². The summed E-state index contributed by atoms with van der Waals surface area (Å²) in [6.45, 7) is 2.97. The summed E-state index contributed by atoms with van der Waals surface area (Å²) in [5.74, 6) is 1.03. The summed E-state index contributed by atoms with van der Waals surface area (Å²) in [6.07, 6.45) is 2.03. The quantitative estimate of drug-likeness (QED) is 0.919. The van der Waals surface area contributed by atoms with Gasteiger partial charge in [-0.3, -0.25) is 0 Å². The van der Waals surface area contributed by atoms with E-state index in [1.807, 2.05) is 0 Å². The number of fused-ring (bicyclic) bond motifs is 1. The van der Waals surface area contributed by atoms with Gasteiger partial charge in [-0.15, -0.1) is 10.2 Å². The maximum absolute atomic E-state index is 5.53. The lowest BCUT2D eigenvalue weighted by Crippen LogP contribution is -2.09. The zero-order valence-corrected chi connectivity index (χ0v) is 11.0. The molecule has 1 aliphatic heterocycles. The zero-order valence-electron chi connectivity index (χ0n) is 10.2. The average molecular weight is 261 g/mol. The fourth-order valence-corrected chi connectivity index (χ4v) is 2.73. The summed E-state index contributed by atoms with van der Waals surface area (Å²) in [6, 6.07) is 6.72. The minimum atomic E-state index is 0.281. The second-order valence-electron chi connectivity index (χ2n) is 4.31. The highest BCUT2D eigenvalue weighted by molar-refractivity contribution is 7.13. The Labute approximate surface area is 110 Å². The summed E-state index contributed by atoms with van der Waals surface area (Å²) < 4.78 is 5.53. The van der Waals surface area contributed by atoms with Gasteiger partial charge < -0.3 is 10.1 Å². The van der Waals surface area contributed by atoms with E-state index in [1.54, 1.807) is 5.51 Å². The van der Waals surface area contributed by atoms with Crippen LogP contribution in [0.1, 0.15) is 30.5 Å². The maximum atomic E-state index is 5.53. The largest absolute Gasteiger partial charge is 0.493 e. The molecule has 1 atom stereocenters. The van der Waals surface area contributed by atoms with Crippen LogP contribution in [0.25, 0.3) is 0 Å². The Morgan fingerprint density at radius 1 is 1.50 bits per heavy atom. The first-order chi connectivity index (χ1) is 8.86. The molecule has 3 rings (SSSR count). The second-order valence-corrected chi connectivity index (χ2v) is 5.15. The molecule has 1 aromatic carbocycles. The van der Waals surface area contributed by atoms with Gasteiger partial charge in [0.25, 0.3) is 0 Å². The molecular formula is C13H15N3OS. The number of anilines is 1. The van der Waals surface area contributed by atoms with Gasteiger partial charge in [-0.25, -0.2) is 0 Å². The molecule has 0 fully saturated rings. The van der Waals surface area contributed by atoms with Gasteiger partial charge in [-0.2, -0.15) is 0 Å². The smallest absolute Gasteiger partial charge is 0.205 e. The molecule has 2 heterocycles. The van der Waals surface area contributed by atoms with Crippen molar-refractivity contribution in [3.05, 3.63) is 34.8 Å². The molecule has 0 saturated carbocycles. The lowest BCUT2D eigenvalue weighted by atomic mass is 10.0. The van der Waals surface area contributed by atoms with Gasteiger partial charge in [0.2, 0.25) is 5.13 Å². The van der Waals surface area contributed by atoms with Crippen LogP contribution < -0.4 is 10.1 Å². The zero-order chi connectivity index (χ0) is 12.4. The number of nitrogens with one attached hydrogen (secondary N) is 1. The molecule has 0 amide bonds. The monoisotopic (exact) mass is 261 g/mol. The van der Waals surface area contributed by atoms with E-state index < -0.39 is 0 Å². The van der Waals surface area contributed by atoms with Crippen LogP contribution in [0.2, 0.25) is 0 Å². The Hall–Kier alpha value is -1.62. The number of nitrogens with zero attached hydrogens (tertiary/aromatic N) is 2. The van der Waals surface area contributed by atoms with E-state index in [9.17, 15) is 0 Å². The second kappa shape index (κ2) is 4.94. The van der Waals surface area contributed by atoms with Crippen LogP contribution >= 0.6 is 11.3 Å². The molecule has 2 aromatic rings. The van der Waals surface area contributed by atoms with Crippen LogP contribution in [0.4, 0.5) is 5.13 Å². The molecule has 4 nitrogen and oxygen atoms in total. The van der Waals surface area contributed by atoms with Gasteiger partial charge in [0, 0.05) is 6.42 Å². The van der Waals surface area contributed by atoms with Crippen molar-refractivity contribution in [1.29, 1.82) is 0 Å². The molecule has 0 bridgehead atoms. The van der Waals surface area contributed by atoms with Crippen molar-refractivity contribution in [2.24, 2.45) is 0 Å². The third kappa shape index (κ3) is 2.18. The standard InChI is InChI=1S/C13H15N3OS/c1-2-11(15-13-16-14-8-18-13)9-3-4-12-10(7-9)5-6-17-12/h3-4,7-8,11H,2,5-6H2,1H3,(H,15,16). The molecule has 1 aliphatic rings. The van der Waals surface area contributed by atoms with Gasteiger partial charge in [-0.1, -0.05) is 24.3 Å². The van der Waals surface area contributed by atoms with Crippen LogP contribution in [0.5, 0.6) is 5.75 Å². The Morgan fingerprint density at radius 2 is 2.44 bits per heavy atom. The topological polar surface area (TPSA) is 47.0 Å². The van der Waals surface area contributed by atoms with Crippen molar-refractivity contribution >= 4 is 16.5 Å². The molecule has 0 saturated heterocycles. The highest BCUT2D eigenvalue weighted by Crippen LogP contribution is 2.30. The van der Waals surface area contributed by atoms with E-state index in [0.717, 1.165) is 30.3 Å². The molecule has 0 spiro atoms. The third-order valence-electron chi connectivity index (χ3n) is 3.18. The molecule has 18 heavy (non-hydrogen) atoms. The van der Waals surface area contributed by atoms with E-state index in [2.05, 4.69) is 40.6 Å². The third-order valence-corrected chi connectivity index (χ3v) is 3.80. The lowest BCUT2D eigenvalue weighted by molar-refractivity contribution is 0.357. The van der Waals surface area contributed by atoms with Crippen molar-refractivity contribution < 1.29 is 4.74 Å². The lowest BCUT2D eigenvalue weighted by Gasteiger charge is -2.17. The molecular weight excluding hydrogens is 246 g/mol. The van der Waals surface area contributed by atoms with Gasteiger partial charge >= 0.3 is 0 Å². The first-order valence-electron chi connectivity index (χ1n) is 6.15. The van der Waals surface area contributed by atoms with E-state index in [4.69, 9.17) is 4.74 Å². The van der Waals surface area contributed by atoms with Crippen LogP contribution in [0, 0.1) is 0 Å². The predicted molar refractivity (Wildman–Crippen MR) is 72.2 cm³/mol. The van der Waals surface area contributed by atoms with Gasteiger partial charge in [-0.05, 0) is 29.7 Å². The highest BCUT2D eigenvalue weighted by atomic mass is 32.1. The van der Waals surface area contributed by atoms with Gasteiger partial charge in [0.15, 0.2) is 0 Å². The summed E-state index contributed by atoms with van der Waals surface area (Å²) >= 11 is 1.53. The fourth-order valence-electron chi connectivity index (χ4n) is 2.23. The Bertz CT molecular complexity index is 527. The van der Waals surface area contributed by atoms with Crippen LogP contribution in [0.15, 0.2) is 23.7 Å². The summed E-state index contributed by atoms with van der Waals surface area (Å²) in [5.41, 5.74) is 4.34. The molecule has 1 aromatic heterocycles. The number of rotatable bonds is 4. The summed E-state index contributed by atoms with van der Waals surface area (Å²) in [4.78, 5) is 0. The average Bonchev–Trinajstić information content (AvgIpc) is 3.06. The maximum Gasteiger partial charge on any atom is 0.205 e. The molecule has 0 radical (unpaired) electrons. The van der Waals surface area contributed by atoms with E-state index in [1.165, 1.54) is 22.5 Å². The van der Waals surface area contributed by atoms with E-state index >= 15 is 0 Å².